The lowest BCUT2D eigenvalue weighted by Crippen LogP contribution is -2.26. The molecule has 0 saturated heterocycles. The minimum absolute atomic E-state index is 0.135. The Kier molecular flexibility index (Phi) is 4.41. The van der Waals surface area contributed by atoms with Gasteiger partial charge in [-0.1, -0.05) is 24.3 Å². The van der Waals surface area contributed by atoms with E-state index in [9.17, 15) is 9.90 Å². The summed E-state index contributed by atoms with van der Waals surface area (Å²) in [6, 6.07) is 13.9. The highest BCUT2D eigenvalue weighted by molar-refractivity contribution is 9.10. The average Bonchev–Trinajstić information content (AvgIpc) is 2.41. The number of nitrogens with one attached hydrogen (secondary N) is 1. The van der Waals surface area contributed by atoms with Crippen molar-refractivity contribution in [3.8, 4) is 11.5 Å². The van der Waals surface area contributed by atoms with Crippen LogP contribution in [0.3, 0.4) is 0 Å². The van der Waals surface area contributed by atoms with Crippen LogP contribution in [-0.4, -0.2) is 11.2 Å². The zero-order valence-electron chi connectivity index (χ0n) is 9.97. The van der Waals surface area contributed by atoms with Crippen molar-refractivity contribution in [3.05, 3.63) is 58.6 Å². The van der Waals surface area contributed by atoms with Gasteiger partial charge >= 0.3 is 6.09 Å². The minimum atomic E-state index is -0.534. The molecule has 1 amide bonds. The maximum Gasteiger partial charge on any atom is 0.412 e. The summed E-state index contributed by atoms with van der Waals surface area (Å²) in [6.45, 7) is 0.284. The summed E-state index contributed by atoms with van der Waals surface area (Å²) in [4.78, 5) is 11.5. The van der Waals surface area contributed by atoms with Crippen molar-refractivity contribution in [3.63, 3.8) is 0 Å². The zero-order chi connectivity index (χ0) is 13.7. The maximum absolute atomic E-state index is 11.5. The number of halogens is 1. The fraction of sp³-hybridized carbons (Fsp3) is 0.0714. The van der Waals surface area contributed by atoms with Crippen LogP contribution in [-0.2, 0) is 6.54 Å². The highest BCUT2D eigenvalue weighted by atomic mass is 79.9. The molecule has 0 heterocycles. The predicted molar refractivity (Wildman–Crippen MR) is 75.1 cm³/mol. The largest absolute Gasteiger partial charge is 0.507 e. The fourth-order valence-electron chi connectivity index (χ4n) is 1.47. The lowest BCUT2D eigenvalue weighted by Gasteiger charge is -2.07. The number of aromatic hydroxyl groups is 1. The van der Waals surface area contributed by atoms with Gasteiger partial charge in [0.05, 0.1) is 4.47 Å². The van der Waals surface area contributed by atoms with E-state index in [2.05, 4.69) is 21.2 Å². The van der Waals surface area contributed by atoms with Gasteiger partial charge in [-0.3, -0.25) is 0 Å². The molecule has 19 heavy (non-hydrogen) atoms. The van der Waals surface area contributed by atoms with Gasteiger partial charge in [-0.25, -0.2) is 4.79 Å². The molecule has 0 aliphatic carbocycles. The zero-order valence-corrected chi connectivity index (χ0v) is 11.6. The van der Waals surface area contributed by atoms with Gasteiger partial charge in [-0.15, -0.1) is 0 Å². The second-order valence-corrected chi connectivity index (χ2v) is 4.70. The van der Waals surface area contributed by atoms with Gasteiger partial charge in [0, 0.05) is 6.54 Å². The topological polar surface area (TPSA) is 58.6 Å². The van der Waals surface area contributed by atoms with Crippen LogP contribution in [0.1, 0.15) is 5.56 Å². The van der Waals surface area contributed by atoms with Gasteiger partial charge in [0.25, 0.3) is 0 Å². The average molecular weight is 322 g/mol. The number of carbonyl (C=O) groups is 1. The standard InChI is InChI=1S/C14H12BrNO3/c15-12-7-6-10(8-13(12)17)9-16-14(18)19-11-4-2-1-3-5-11/h1-8,17H,9H2,(H,16,18). The molecule has 2 rings (SSSR count). The van der Waals surface area contributed by atoms with E-state index < -0.39 is 6.09 Å². The van der Waals surface area contributed by atoms with E-state index in [0.29, 0.717) is 10.2 Å². The Morgan fingerprint density at radius 3 is 2.63 bits per heavy atom. The Balaban J connectivity index is 1.88. The molecular weight excluding hydrogens is 310 g/mol. The number of hydrogen-bond acceptors (Lipinski definition) is 3. The van der Waals surface area contributed by atoms with Crippen LogP contribution >= 0.6 is 15.9 Å². The second-order valence-electron chi connectivity index (χ2n) is 3.84. The van der Waals surface area contributed by atoms with Crippen molar-refractivity contribution in [1.29, 1.82) is 0 Å². The van der Waals surface area contributed by atoms with Crippen LogP contribution in [0.5, 0.6) is 11.5 Å². The van der Waals surface area contributed by atoms with Crippen molar-refractivity contribution in [1.82, 2.24) is 5.32 Å². The summed E-state index contributed by atoms with van der Waals surface area (Å²) in [5.74, 6) is 0.620. The summed E-state index contributed by atoms with van der Waals surface area (Å²) < 4.78 is 5.68. The van der Waals surface area contributed by atoms with E-state index in [-0.39, 0.29) is 12.3 Å². The van der Waals surface area contributed by atoms with Crippen molar-refractivity contribution in [2.75, 3.05) is 0 Å². The molecule has 2 N–H and O–H groups in total. The molecule has 5 heteroatoms. The van der Waals surface area contributed by atoms with Crippen molar-refractivity contribution < 1.29 is 14.6 Å². The van der Waals surface area contributed by atoms with Gasteiger partial charge in [0.2, 0.25) is 0 Å². The van der Waals surface area contributed by atoms with Crippen molar-refractivity contribution in [2.24, 2.45) is 0 Å². The molecule has 0 radical (unpaired) electrons. The minimum Gasteiger partial charge on any atom is -0.507 e. The van der Waals surface area contributed by atoms with E-state index >= 15 is 0 Å². The van der Waals surface area contributed by atoms with Gasteiger partial charge in [-0.05, 0) is 45.8 Å². The molecular formula is C14H12BrNO3. The fourth-order valence-corrected chi connectivity index (χ4v) is 1.72. The van der Waals surface area contributed by atoms with Crippen LogP contribution in [0.2, 0.25) is 0 Å². The number of phenols is 1. The van der Waals surface area contributed by atoms with Crippen LogP contribution in [0.4, 0.5) is 4.79 Å². The van der Waals surface area contributed by atoms with Crippen LogP contribution in [0.25, 0.3) is 0 Å². The van der Waals surface area contributed by atoms with Gasteiger partial charge in [0.1, 0.15) is 11.5 Å². The SMILES string of the molecule is O=C(NCc1ccc(Br)c(O)c1)Oc1ccccc1. The molecule has 0 fully saturated rings. The van der Waals surface area contributed by atoms with Gasteiger partial charge in [-0.2, -0.15) is 0 Å². The first kappa shape index (κ1) is 13.4. The van der Waals surface area contributed by atoms with Crippen LogP contribution in [0.15, 0.2) is 53.0 Å². The third-order valence-corrected chi connectivity index (χ3v) is 3.07. The quantitative estimate of drug-likeness (QED) is 0.910. The number of amides is 1. The molecule has 0 bridgehead atoms. The summed E-state index contributed by atoms with van der Waals surface area (Å²) in [5.41, 5.74) is 0.783. The number of rotatable bonds is 3. The Morgan fingerprint density at radius 1 is 1.21 bits per heavy atom. The Morgan fingerprint density at radius 2 is 1.95 bits per heavy atom. The normalized spacial score (nSPS) is 9.95. The Hall–Kier alpha value is -2.01. The van der Waals surface area contributed by atoms with Gasteiger partial charge < -0.3 is 15.2 Å². The molecule has 0 aromatic heterocycles. The molecule has 0 saturated carbocycles. The Labute approximate surface area is 119 Å². The van der Waals surface area contributed by atoms with Gasteiger partial charge in [0.15, 0.2) is 0 Å². The molecule has 98 valence electrons. The first-order valence-corrected chi connectivity index (χ1v) is 6.42. The number of ether oxygens (including phenoxy) is 1. The summed E-state index contributed by atoms with van der Waals surface area (Å²) >= 11 is 3.19. The van der Waals surface area contributed by atoms with E-state index in [1.165, 1.54) is 0 Å². The first-order chi connectivity index (χ1) is 9.15. The number of para-hydroxylation sites is 1. The van der Waals surface area contributed by atoms with Crippen molar-refractivity contribution >= 4 is 22.0 Å². The second kappa shape index (κ2) is 6.24. The number of phenolic OH excluding ortho intramolecular Hbond substituents is 1. The molecule has 2 aromatic rings. The molecule has 0 atom stereocenters. The van der Waals surface area contributed by atoms with E-state index in [4.69, 9.17) is 4.74 Å². The monoisotopic (exact) mass is 321 g/mol. The Bertz CT molecular complexity index is 572. The molecule has 0 aliphatic rings. The third kappa shape index (κ3) is 3.99. The van der Waals surface area contributed by atoms with Crippen LogP contribution in [0, 0.1) is 0 Å². The molecule has 0 spiro atoms. The van der Waals surface area contributed by atoms with E-state index in [1.54, 1.807) is 42.5 Å². The highest BCUT2D eigenvalue weighted by Gasteiger charge is 2.05. The predicted octanol–water partition coefficient (Wildman–Crippen LogP) is 3.44. The smallest absolute Gasteiger partial charge is 0.412 e. The highest BCUT2D eigenvalue weighted by Crippen LogP contribution is 2.24. The third-order valence-electron chi connectivity index (χ3n) is 2.40. The van der Waals surface area contributed by atoms with Crippen molar-refractivity contribution in [2.45, 2.75) is 6.54 Å². The lowest BCUT2D eigenvalue weighted by molar-refractivity contribution is 0.200. The van der Waals surface area contributed by atoms with E-state index in [0.717, 1.165) is 5.56 Å². The molecule has 2 aromatic carbocycles. The number of hydrogen-bond donors (Lipinski definition) is 2. The first-order valence-electron chi connectivity index (χ1n) is 5.63. The summed E-state index contributed by atoms with van der Waals surface area (Å²) in [6.07, 6.45) is -0.534. The lowest BCUT2D eigenvalue weighted by atomic mass is 10.2. The number of benzene rings is 2. The molecule has 0 unspecified atom stereocenters. The van der Waals surface area contributed by atoms with E-state index in [1.807, 2.05) is 6.07 Å². The molecule has 0 aliphatic heterocycles. The molecule has 4 nitrogen and oxygen atoms in total. The summed E-state index contributed by atoms with van der Waals surface area (Å²) in [5, 5.41) is 12.1. The number of carbonyl (C=O) groups excluding carboxylic acids is 1. The van der Waals surface area contributed by atoms with Crippen LogP contribution < -0.4 is 10.1 Å². The maximum atomic E-state index is 11.5. The summed E-state index contributed by atoms with van der Waals surface area (Å²) in [7, 11) is 0.